The van der Waals surface area contributed by atoms with Crippen LogP contribution in [0.25, 0.3) is 22.3 Å². The molecule has 2 aliphatic heterocycles. The number of rotatable bonds is 8. The van der Waals surface area contributed by atoms with Gasteiger partial charge in [0, 0.05) is 39.7 Å². The van der Waals surface area contributed by atoms with Gasteiger partial charge in [-0.2, -0.15) is 0 Å². The molecule has 0 fully saturated rings. The highest BCUT2D eigenvalue weighted by atomic mass is 33.1. The van der Waals surface area contributed by atoms with Gasteiger partial charge in [0.05, 0.1) is 33.9 Å². The van der Waals surface area contributed by atoms with E-state index in [2.05, 4.69) is 10.3 Å². The zero-order valence-corrected chi connectivity index (χ0v) is 27.0. The van der Waals surface area contributed by atoms with Gasteiger partial charge in [0.15, 0.2) is 10.6 Å². The second-order valence-corrected chi connectivity index (χ2v) is 14.3. The topological polar surface area (TPSA) is 176 Å². The van der Waals surface area contributed by atoms with E-state index in [-0.39, 0.29) is 52.3 Å². The predicted octanol–water partition coefficient (Wildman–Crippen LogP) is 5.25. The minimum Gasteiger partial charge on any atom is -0.458 e. The van der Waals surface area contributed by atoms with Crippen LogP contribution in [0.5, 0.6) is 0 Å². The SMILES string of the molecule is CC[C@@]1(O)C(=O)OCc2c1cc1n(c2=O)Cc2c-1nc1ccc(NC(=O)OC[C@@H](C)SSc3ncccc3[N+](=O)[O-])c3c1c2CCC3. The molecule has 4 aromatic rings. The lowest BCUT2D eigenvalue weighted by Crippen LogP contribution is -2.44. The molecule has 1 aliphatic carbocycles. The number of amides is 1. The number of ether oxygens (including phenoxy) is 2. The summed E-state index contributed by atoms with van der Waals surface area (Å²) in [5.41, 5.74) is 3.75. The molecule has 0 bridgehead atoms. The van der Waals surface area contributed by atoms with E-state index in [9.17, 15) is 29.6 Å². The Morgan fingerprint density at radius 2 is 2.04 bits per heavy atom. The zero-order valence-electron chi connectivity index (χ0n) is 25.4. The Balaban J connectivity index is 1.12. The molecule has 0 unspecified atom stereocenters. The molecule has 3 aliphatic rings. The number of benzene rings is 1. The Bertz CT molecular complexity index is 2070. The molecule has 0 saturated heterocycles. The lowest BCUT2D eigenvalue weighted by atomic mass is 9.85. The lowest BCUT2D eigenvalue weighted by Gasteiger charge is -2.31. The molecule has 0 radical (unpaired) electrons. The van der Waals surface area contributed by atoms with Gasteiger partial charge in [0.25, 0.3) is 5.56 Å². The van der Waals surface area contributed by atoms with Crippen LogP contribution in [0.2, 0.25) is 0 Å². The number of hydrogen-bond acceptors (Lipinski definition) is 12. The van der Waals surface area contributed by atoms with Crippen LogP contribution in [-0.2, 0) is 45.9 Å². The van der Waals surface area contributed by atoms with Crippen molar-refractivity contribution in [3.63, 3.8) is 0 Å². The van der Waals surface area contributed by atoms with Gasteiger partial charge in [-0.15, -0.1) is 0 Å². The van der Waals surface area contributed by atoms with E-state index in [1.165, 1.54) is 29.1 Å². The van der Waals surface area contributed by atoms with Crippen LogP contribution in [0.4, 0.5) is 16.2 Å². The van der Waals surface area contributed by atoms with Gasteiger partial charge in [-0.05, 0) is 78.8 Å². The molecule has 47 heavy (non-hydrogen) atoms. The summed E-state index contributed by atoms with van der Waals surface area (Å²) >= 11 is 0. The predicted molar refractivity (Wildman–Crippen MR) is 175 cm³/mol. The first-order valence-electron chi connectivity index (χ1n) is 15.1. The fraction of sp³-hybridized carbons (Fsp3) is 0.344. The van der Waals surface area contributed by atoms with Crippen molar-refractivity contribution in [1.82, 2.24) is 14.5 Å². The Morgan fingerprint density at radius 1 is 1.23 bits per heavy atom. The van der Waals surface area contributed by atoms with Gasteiger partial charge in [-0.3, -0.25) is 20.2 Å². The molecule has 2 atom stereocenters. The second kappa shape index (κ2) is 12.0. The van der Waals surface area contributed by atoms with Crippen LogP contribution in [-0.4, -0.2) is 48.5 Å². The van der Waals surface area contributed by atoms with Crippen molar-refractivity contribution in [1.29, 1.82) is 0 Å². The fourth-order valence-electron chi connectivity index (χ4n) is 6.51. The third kappa shape index (κ3) is 5.22. The largest absolute Gasteiger partial charge is 0.458 e. The molecule has 1 aromatic carbocycles. The minimum absolute atomic E-state index is 0.0687. The second-order valence-electron chi connectivity index (χ2n) is 11.7. The molecular formula is C32H29N5O8S2. The molecule has 1 amide bonds. The number of carbonyl (C=O) groups excluding carboxylic acids is 2. The number of aliphatic hydroxyl groups is 1. The first kappa shape index (κ1) is 31.1. The number of anilines is 1. The van der Waals surface area contributed by atoms with Crippen molar-refractivity contribution in [3.8, 4) is 11.4 Å². The van der Waals surface area contributed by atoms with Crippen LogP contribution in [0, 0.1) is 10.1 Å². The van der Waals surface area contributed by atoms with Crippen LogP contribution in [0.15, 0.2) is 46.3 Å². The number of esters is 1. The summed E-state index contributed by atoms with van der Waals surface area (Å²) < 4.78 is 12.3. The smallest absolute Gasteiger partial charge is 0.411 e. The average Bonchev–Trinajstić information content (AvgIpc) is 3.45. The van der Waals surface area contributed by atoms with Gasteiger partial charge < -0.3 is 19.1 Å². The minimum atomic E-state index is -1.90. The zero-order chi connectivity index (χ0) is 33.0. The molecule has 242 valence electrons. The molecule has 15 heteroatoms. The maximum atomic E-state index is 13.6. The number of aryl methyl sites for hydroxylation is 2. The summed E-state index contributed by atoms with van der Waals surface area (Å²) in [6, 6.07) is 8.24. The number of carbonyl (C=O) groups is 2. The molecule has 0 saturated carbocycles. The number of fused-ring (bicyclic) bond motifs is 5. The fourth-order valence-corrected chi connectivity index (χ4v) is 8.54. The van der Waals surface area contributed by atoms with Crippen molar-refractivity contribution in [2.75, 3.05) is 11.9 Å². The highest BCUT2D eigenvalue weighted by molar-refractivity contribution is 8.77. The van der Waals surface area contributed by atoms with E-state index in [4.69, 9.17) is 14.5 Å². The van der Waals surface area contributed by atoms with Gasteiger partial charge in [-0.1, -0.05) is 17.7 Å². The molecule has 2 N–H and O–H groups in total. The Labute approximate surface area is 275 Å². The van der Waals surface area contributed by atoms with Gasteiger partial charge >= 0.3 is 17.7 Å². The van der Waals surface area contributed by atoms with E-state index < -0.39 is 22.6 Å². The Morgan fingerprint density at radius 3 is 2.83 bits per heavy atom. The first-order chi connectivity index (χ1) is 22.6. The van der Waals surface area contributed by atoms with Crippen molar-refractivity contribution >= 4 is 55.9 Å². The average molecular weight is 676 g/mol. The summed E-state index contributed by atoms with van der Waals surface area (Å²) in [5, 5.41) is 26.4. The number of nitrogens with one attached hydrogen (secondary N) is 1. The standard InChI is InChI=1S/C32H29N5O8S2/c1-3-32(41)21-12-25-27-19(13-36(25)29(38)20(21)15-44-30(32)39)17-6-4-7-18-22(9-10-23(34-27)26(17)18)35-31(40)45-14-16(2)46-47-28-24(37(42)43)8-5-11-33-28/h5,8-12,16,41H,3-4,6-7,13-15H2,1-2H3,(H,35,40)/t16-,32+/m1/s1. The summed E-state index contributed by atoms with van der Waals surface area (Å²) in [6.07, 6.45) is 3.26. The number of aromatic nitrogens is 3. The van der Waals surface area contributed by atoms with E-state index in [1.54, 1.807) is 23.6 Å². The van der Waals surface area contributed by atoms with Crippen LogP contribution in [0.1, 0.15) is 54.5 Å². The summed E-state index contributed by atoms with van der Waals surface area (Å²) in [7, 11) is 2.48. The number of pyridine rings is 3. The maximum Gasteiger partial charge on any atom is 0.411 e. The lowest BCUT2D eigenvalue weighted by molar-refractivity contribution is -0.388. The third-order valence-corrected chi connectivity index (χ3v) is 11.6. The number of nitro groups is 1. The van der Waals surface area contributed by atoms with Gasteiger partial charge in [-0.25, -0.2) is 19.6 Å². The Hall–Kier alpha value is -4.47. The van der Waals surface area contributed by atoms with Crippen molar-refractivity contribution in [2.45, 2.75) is 68.6 Å². The number of hydrogen-bond donors (Lipinski definition) is 2. The van der Waals surface area contributed by atoms with E-state index in [0.717, 1.165) is 57.6 Å². The van der Waals surface area contributed by atoms with Crippen molar-refractivity contribution < 1.29 is 29.1 Å². The van der Waals surface area contributed by atoms with E-state index in [0.29, 0.717) is 23.6 Å². The molecule has 5 heterocycles. The maximum absolute atomic E-state index is 13.6. The highest BCUT2D eigenvalue weighted by Crippen LogP contribution is 2.44. The van der Waals surface area contributed by atoms with Crippen molar-refractivity contribution in [3.05, 3.63) is 84.8 Å². The first-order valence-corrected chi connectivity index (χ1v) is 17.3. The monoisotopic (exact) mass is 675 g/mol. The molecular weight excluding hydrogens is 647 g/mol. The number of nitrogens with zero attached hydrogens (tertiary/aromatic N) is 4. The molecule has 7 rings (SSSR count). The summed E-state index contributed by atoms with van der Waals surface area (Å²) in [4.78, 5) is 58.9. The molecule has 0 spiro atoms. The Kier molecular flexibility index (Phi) is 7.92. The highest BCUT2D eigenvalue weighted by Gasteiger charge is 2.45. The van der Waals surface area contributed by atoms with E-state index >= 15 is 0 Å². The summed E-state index contributed by atoms with van der Waals surface area (Å²) in [5.74, 6) is -0.761. The third-order valence-electron chi connectivity index (χ3n) is 8.86. The van der Waals surface area contributed by atoms with Crippen LogP contribution >= 0.6 is 21.6 Å². The summed E-state index contributed by atoms with van der Waals surface area (Å²) in [6.45, 7) is 3.72. The molecule has 3 aromatic heterocycles. The van der Waals surface area contributed by atoms with Gasteiger partial charge in [0.2, 0.25) is 0 Å². The van der Waals surface area contributed by atoms with Crippen LogP contribution in [0.3, 0.4) is 0 Å². The van der Waals surface area contributed by atoms with Gasteiger partial charge in [0.1, 0.15) is 13.2 Å². The van der Waals surface area contributed by atoms with Crippen molar-refractivity contribution in [2.24, 2.45) is 0 Å². The molecule has 13 nitrogen and oxygen atoms in total. The normalized spacial score (nSPS) is 18.1. The quantitative estimate of drug-likeness (QED) is 0.0947. The number of cyclic esters (lactones) is 1. The van der Waals surface area contributed by atoms with E-state index in [1.807, 2.05) is 13.0 Å². The van der Waals surface area contributed by atoms with Crippen LogP contribution < -0.4 is 10.9 Å².